The van der Waals surface area contributed by atoms with E-state index in [4.69, 9.17) is 0 Å². The summed E-state index contributed by atoms with van der Waals surface area (Å²) in [6, 6.07) is 1.13. The number of methoxy groups -OCH3 is 1. The van der Waals surface area contributed by atoms with E-state index in [1.54, 1.807) is 0 Å². The van der Waals surface area contributed by atoms with Gasteiger partial charge in [0.15, 0.2) is 0 Å². The molecule has 1 rings (SSSR count). The van der Waals surface area contributed by atoms with Gasteiger partial charge in [0.25, 0.3) is 0 Å². The third-order valence-corrected chi connectivity index (χ3v) is 1.39. The number of rotatable bonds is 2. The molecule has 70 valence electrons. The molecule has 0 bridgehead atoms. The molecule has 0 aromatic carbocycles. The molecule has 1 heterocycles. The second-order valence-electron chi connectivity index (χ2n) is 2.16. The molecule has 6 heteroatoms. The van der Waals surface area contributed by atoms with E-state index >= 15 is 0 Å². The fourth-order valence-electron chi connectivity index (χ4n) is 0.789. The van der Waals surface area contributed by atoms with Crippen molar-refractivity contribution in [3.05, 3.63) is 23.5 Å². The zero-order chi connectivity index (χ0) is 9.84. The number of carbonyl (C=O) groups is 2. The molecule has 0 amide bonds. The summed E-state index contributed by atoms with van der Waals surface area (Å²) in [5.74, 6) is -1.80. The van der Waals surface area contributed by atoms with E-state index in [-0.39, 0.29) is 11.3 Å². The highest BCUT2D eigenvalue weighted by Gasteiger charge is 2.14. The minimum atomic E-state index is -1.19. The average Bonchev–Trinajstić information content (AvgIpc) is 2.64. The van der Waals surface area contributed by atoms with Crippen LogP contribution in [0.4, 0.5) is 4.53 Å². The monoisotopic (exact) mass is 187 g/mol. The number of hydrogen-bond donors (Lipinski definition) is 1. The largest absolute Gasteiger partial charge is 0.465 e. The minimum absolute atomic E-state index is 0.128. The van der Waals surface area contributed by atoms with Crippen LogP contribution in [0.1, 0.15) is 20.8 Å². The van der Waals surface area contributed by atoms with Crippen molar-refractivity contribution in [3.8, 4) is 0 Å². The summed E-state index contributed by atoms with van der Waals surface area (Å²) in [7, 11) is 1.20. The summed E-state index contributed by atoms with van der Waals surface area (Å²) < 4.78 is 15.7. The van der Waals surface area contributed by atoms with Crippen molar-refractivity contribution in [2.75, 3.05) is 7.11 Å². The summed E-state index contributed by atoms with van der Waals surface area (Å²) in [5, 5.41) is 0. The molecule has 0 radical (unpaired) electrons. The van der Waals surface area contributed by atoms with E-state index in [0.717, 1.165) is 6.07 Å². The van der Waals surface area contributed by atoms with Gasteiger partial charge in [0.1, 0.15) is 5.69 Å². The maximum Gasteiger partial charge on any atom is 0.395 e. The smallest absolute Gasteiger partial charge is 0.395 e. The molecule has 1 N–H and O–H groups in total. The van der Waals surface area contributed by atoms with Gasteiger partial charge in [0, 0.05) is 10.7 Å². The zero-order valence-electron chi connectivity index (χ0n) is 6.67. The highest BCUT2D eigenvalue weighted by atomic mass is 19.3. The Bertz CT molecular complexity index is 302. The number of aromatic nitrogens is 1. The van der Waals surface area contributed by atoms with E-state index in [0.29, 0.717) is 0 Å². The second-order valence-corrected chi connectivity index (χ2v) is 2.16. The molecule has 5 nitrogen and oxygen atoms in total. The van der Waals surface area contributed by atoms with Gasteiger partial charge in [-0.15, -0.1) is 0 Å². The fourth-order valence-corrected chi connectivity index (χ4v) is 0.789. The van der Waals surface area contributed by atoms with Crippen molar-refractivity contribution in [2.45, 2.75) is 0 Å². The first-order chi connectivity index (χ1) is 6.19. The van der Waals surface area contributed by atoms with Crippen LogP contribution < -0.4 is 0 Å². The van der Waals surface area contributed by atoms with Crippen molar-refractivity contribution >= 4 is 11.9 Å². The molecule has 0 aliphatic rings. The van der Waals surface area contributed by atoms with Gasteiger partial charge in [-0.2, -0.15) is 0 Å². The Kier molecular flexibility index (Phi) is 2.63. The summed E-state index contributed by atoms with van der Waals surface area (Å²) in [4.78, 5) is 26.7. The molecule has 13 heavy (non-hydrogen) atoms. The number of H-pyrrole nitrogens is 1. The molecular weight excluding hydrogens is 181 g/mol. The molecule has 0 fully saturated rings. The highest BCUT2D eigenvalue weighted by molar-refractivity contribution is 5.94. The van der Waals surface area contributed by atoms with Gasteiger partial charge in [-0.25, -0.2) is 14.5 Å². The van der Waals surface area contributed by atoms with Gasteiger partial charge >= 0.3 is 11.9 Å². The maximum atomic E-state index is 11.4. The van der Waals surface area contributed by atoms with Crippen LogP contribution in [-0.2, 0) is 9.68 Å². The molecule has 1 aromatic heterocycles. The summed E-state index contributed by atoms with van der Waals surface area (Å²) in [6.45, 7) is 0. The predicted octanol–water partition coefficient (Wildman–Crippen LogP) is 0.843. The molecule has 0 saturated heterocycles. The lowest BCUT2D eigenvalue weighted by Gasteiger charge is -1.91. The lowest BCUT2D eigenvalue weighted by atomic mass is 10.3. The number of halogens is 1. The number of esters is 1. The van der Waals surface area contributed by atoms with Crippen LogP contribution in [0.3, 0.4) is 0 Å². The Balaban J connectivity index is 2.86. The minimum Gasteiger partial charge on any atom is -0.465 e. The highest BCUT2D eigenvalue weighted by Crippen LogP contribution is 2.06. The third kappa shape index (κ3) is 1.84. The summed E-state index contributed by atoms with van der Waals surface area (Å²) >= 11 is 0. The Labute approximate surface area is 72.4 Å². The second kappa shape index (κ2) is 3.70. The number of carbonyl (C=O) groups excluding carboxylic acids is 2. The van der Waals surface area contributed by atoms with Gasteiger partial charge in [0.05, 0.1) is 12.7 Å². The van der Waals surface area contributed by atoms with E-state index in [2.05, 4.69) is 14.7 Å². The van der Waals surface area contributed by atoms with E-state index in [9.17, 15) is 14.1 Å². The standard InChI is InChI=1S/C7H6FNO4/c1-12-6(10)4-2-5(9-3-4)7(11)13-8/h2-3,9H,1H3. The van der Waals surface area contributed by atoms with Gasteiger partial charge in [-0.05, 0) is 6.07 Å². The van der Waals surface area contributed by atoms with Crippen molar-refractivity contribution in [1.29, 1.82) is 0 Å². The molecule has 0 aliphatic carbocycles. The maximum absolute atomic E-state index is 11.4. The Morgan fingerprint density at radius 2 is 2.15 bits per heavy atom. The normalized spacial score (nSPS) is 9.38. The van der Waals surface area contributed by atoms with Crippen molar-refractivity contribution in [1.82, 2.24) is 4.98 Å². The first-order valence-corrected chi connectivity index (χ1v) is 3.28. The van der Waals surface area contributed by atoms with E-state index in [1.165, 1.54) is 13.3 Å². The number of nitrogens with one attached hydrogen (secondary N) is 1. The Hall–Kier alpha value is -1.85. The quantitative estimate of drug-likeness (QED) is 0.696. The first-order valence-electron chi connectivity index (χ1n) is 3.28. The Morgan fingerprint density at radius 3 is 2.69 bits per heavy atom. The van der Waals surface area contributed by atoms with Crippen LogP contribution in [-0.4, -0.2) is 24.0 Å². The van der Waals surface area contributed by atoms with Crippen LogP contribution in [0.25, 0.3) is 0 Å². The van der Waals surface area contributed by atoms with E-state index < -0.39 is 11.9 Å². The van der Waals surface area contributed by atoms with Crippen molar-refractivity contribution < 1.29 is 23.8 Å². The van der Waals surface area contributed by atoms with Crippen LogP contribution in [0.2, 0.25) is 0 Å². The number of aromatic amines is 1. The van der Waals surface area contributed by atoms with Gasteiger partial charge < -0.3 is 9.72 Å². The van der Waals surface area contributed by atoms with Gasteiger partial charge in [0.2, 0.25) is 0 Å². The number of ether oxygens (including phenoxy) is 1. The summed E-state index contributed by atoms with van der Waals surface area (Å²) in [5.41, 5.74) is -0.0224. The first kappa shape index (κ1) is 9.24. The number of hydrogen-bond acceptors (Lipinski definition) is 4. The topological polar surface area (TPSA) is 68.4 Å². The van der Waals surface area contributed by atoms with Crippen LogP contribution >= 0.6 is 0 Å². The van der Waals surface area contributed by atoms with Gasteiger partial charge in [-0.3, -0.25) is 0 Å². The van der Waals surface area contributed by atoms with Gasteiger partial charge in [-0.1, -0.05) is 0 Å². The average molecular weight is 187 g/mol. The third-order valence-electron chi connectivity index (χ3n) is 1.39. The molecule has 0 saturated carbocycles. The van der Waals surface area contributed by atoms with Crippen LogP contribution in [0.5, 0.6) is 0 Å². The van der Waals surface area contributed by atoms with Crippen LogP contribution in [0.15, 0.2) is 12.3 Å². The molecule has 1 aromatic rings. The van der Waals surface area contributed by atoms with E-state index in [1.807, 2.05) is 0 Å². The SMILES string of the molecule is COC(=O)c1c[nH]c(C(=O)OF)c1. The van der Waals surface area contributed by atoms with Crippen molar-refractivity contribution in [2.24, 2.45) is 0 Å². The predicted molar refractivity (Wildman–Crippen MR) is 38.7 cm³/mol. The van der Waals surface area contributed by atoms with Crippen LogP contribution in [0, 0.1) is 0 Å². The lowest BCUT2D eigenvalue weighted by Crippen LogP contribution is -2.00. The lowest BCUT2D eigenvalue weighted by molar-refractivity contribution is -0.0792. The molecular formula is C7H6FNO4. The Morgan fingerprint density at radius 1 is 1.46 bits per heavy atom. The molecule has 0 aliphatic heterocycles. The molecule has 0 atom stereocenters. The molecule has 0 unspecified atom stereocenters. The zero-order valence-corrected chi connectivity index (χ0v) is 6.67. The van der Waals surface area contributed by atoms with Crippen molar-refractivity contribution in [3.63, 3.8) is 0 Å². The molecule has 0 spiro atoms. The summed E-state index contributed by atoms with van der Waals surface area (Å²) in [6.07, 6.45) is 1.22. The fraction of sp³-hybridized carbons (Fsp3) is 0.143.